The summed E-state index contributed by atoms with van der Waals surface area (Å²) in [5.41, 5.74) is 0. The van der Waals surface area contributed by atoms with Crippen molar-refractivity contribution in [1.29, 1.82) is 5.26 Å². The van der Waals surface area contributed by atoms with E-state index in [1.807, 2.05) is 5.40 Å². The fourth-order valence-electron chi connectivity index (χ4n) is 3.18. The van der Waals surface area contributed by atoms with Gasteiger partial charge in [-0.25, -0.2) is 0 Å². The molecule has 90 valence electrons. The summed E-state index contributed by atoms with van der Waals surface area (Å²) in [6.07, 6.45) is 1.70. The summed E-state index contributed by atoms with van der Waals surface area (Å²) in [6, 6.07) is 0. The van der Waals surface area contributed by atoms with Crippen LogP contribution in [0, 0.1) is 22.5 Å². The number of amides is 2. The topological polar surface area (TPSA) is 70.4 Å². The van der Waals surface area contributed by atoms with Gasteiger partial charge in [-0.2, -0.15) is 5.26 Å². The van der Waals surface area contributed by atoms with Crippen LogP contribution in [0.1, 0.15) is 12.8 Å². The van der Waals surface area contributed by atoms with Gasteiger partial charge in [0.1, 0.15) is 5.40 Å². The summed E-state index contributed by atoms with van der Waals surface area (Å²) in [4.78, 5) is 25.6. The molecular weight excluding hydrogens is 240 g/mol. The van der Waals surface area contributed by atoms with E-state index in [0.29, 0.717) is 12.3 Å². The molecule has 2 bridgehead atoms. The highest BCUT2D eigenvalue weighted by Crippen LogP contribution is 2.48. The van der Waals surface area contributed by atoms with E-state index in [-0.39, 0.29) is 35.9 Å². The molecule has 3 heterocycles. The van der Waals surface area contributed by atoms with Gasteiger partial charge >= 0.3 is 0 Å². The van der Waals surface area contributed by atoms with E-state index in [1.54, 1.807) is 0 Å². The number of nitrogens with zero attached hydrogens (tertiary/aromatic N) is 2. The lowest BCUT2D eigenvalue weighted by Gasteiger charge is -2.16. The molecule has 3 fully saturated rings. The molecule has 5 nitrogen and oxygen atoms in total. The first-order chi connectivity index (χ1) is 8.24. The second-order valence-electron chi connectivity index (χ2n) is 4.61. The van der Waals surface area contributed by atoms with Crippen LogP contribution in [0.25, 0.3) is 0 Å². The molecule has 17 heavy (non-hydrogen) atoms. The summed E-state index contributed by atoms with van der Waals surface area (Å²) >= 11 is 1.07. The predicted octanol–water partition coefficient (Wildman–Crippen LogP) is 0.363. The van der Waals surface area contributed by atoms with E-state index in [1.165, 1.54) is 4.90 Å². The Bertz CT molecular complexity index is 391. The fraction of sp³-hybridized carbons (Fsp3) is 0.727. The summed E-state index contributed by atoms with van der Waals surface area (Å²) < 4.78 is 5.63. The number of fused-ring (bicyclic) bond motifs is 5. The smallest absolute Gasteiger partial charge is 0.235 e. The van der Waals surface area contributed by atoms with Crippen LogP contribution in [0.15, 0.2) is 0 Å². The molecule has 0 aromatic heterocycles. The molecule has 0 unspecified atom stereocenters. The molecule has 4 atom stereocenters. The number of ether oxygens (including phenoxy) is 1. The van der Waals surface area contributed by atoms with Gasteiger partial charge in [-0.15, -0.1) is 0 Å². The van der Waals surface area contributed by atoms with Crippen molar-refractivity contribution < 1.29 is 14.3 Å². The number of carbonyl (C=O) groups is 2. The van der Waals surface area contributed by atoms with E-state index in [0.717, 1.165) is 24.6 Å². The standard InChI is InChI=1S/C11H12N2O3S/c12-5-17-4-3-13-10(14)8-6-1-2-7(16-6)9(8)11(13)15/h6-9H,1-4H2/t6-,7-,8-,9+/m1/s1. The van der Waals surface area contributed by atoms with Crippen molar-refractivity contribution in [2.75, 3.05) is 12.3 Å². The van der Waals surface area contributed by atoms with E-state index in [9.17, 15) is 9.59 Å². The zero-order chi connectivity index (χ0) is 12.0. The zero-order valence-corrected chi connectivity index (χ0v) is 9.98. The van der Waals surface area contributed by atoms with E-state index >= 15 is 0 Å². The molecule has 0 radical (unpaired) electrons. The molecule has 6 heteroatoms. The van der Waals surface area contributed by atoms with Gasteiger partial charge in [0, 0.05) is 12.3 Å². The van der Waals surface area contributed by atoms with Gasteiger partial charge in [-0.05, 0) is 24.6 Å². The molecule has 0 saturated carbocycles. The fourth-order valence-corrected chi connectivity index (χ4v) is 3.54. The number of rotatable bonds is 3. The van der Waals surface area contributed by atoms with Crippen LogP contribution in [-0.4, -0.2) is 41.2 Å². The Morgan fingerprint density at radius 2 is 1.88 bits per heavy atom. The molecule has 2 amide bonds. The van der Waals surface area contributed by atoms with Gasteiger partial charge in [0.05, 0.1) is 24.0 Å². The third kappa shape index (κ3) is 1.49. The monoisotopic (exact) mass is 252 g/mol. The number of imide groups is 1. The van der Waals surface area contributed by atoms with Gasteiger partial charge in [0.15, 0.2) is 0 Å². The third-order valence-corrected chi connectivity index (χ3v) is 4.37. The normalized spacial score (nSPS) is 38.6. The van der Waals surface area contributed by atoms with Crippen LogP contribution in [0.5, 0.6) is 0 Å². The zero-order valence-electron chi connectivity index (χ0n) is 9.17. The highest BCUT2D eigenvalue weighted by Gasteiger charge is 2.62. The minimum absolute atomic E-state index is 0.0462. The van der Waals surface area contributed by atoms with Crippen molar-refractivity contribution in [2.24, 2.45) is 11.8 Å². The summed E-state index contributed by atoms with van der Waals surface area (Å²) in [7, 11) is 0. The molecule has 0 aliphatic carbocycles. The Morgan fingerprint density at radius 3 is 2.41 bits per heavy atom. The molecule has 0 spiro atoms. The van der Waals surface area contributed by atoms with Crippen LogP contribution >= 0.6 is 11.8 Å². The number of hydrogen-bond donors (Lipinski definition) is 0. The van der Waals surface area contributed by atoms with Crippen molar-refractivity contribution in [3.05, 3.63) is 0 Å². The minimum atomic E-state index is -0.242. The first-order valence-electron chi connectivity index (χ1n) is 5.75. The maximum Gasteiger partial charge on any atom is 0.235 e. The summed E-state index contributed by atoms with van der Waals surface area (Å²) in [5.74, 6) is -0.179. The molecule has 3 aliphatic heterocycles. The van der Waals surface area contributed by atoms with E-state index < -0.39 is 0 Å². The number of thioether (sulfide) groups is 1. The lowest BCUT2D eigenvalue weighted by molar-refractivity contribution is -0.142. The van der Waals surface area contributed by atoms with Crippen molar-refractivity contribution in [3.63, 3.8) is 0 Å². The molecule has 3 rings (SSSR count). The quantitative estimate of drug-likeness (QED) is 0.412. The number of thiocyanates is 1. The highest BCUT2D eigenvalue weighted by atomic mass is 32.2. The average Bonchev–Trinajstić information content (AvgIpc) is 2.97. The Labute approximate surface area is 103 Å². The number of nitriles is 1. The average molecular weight is 252 g/mol. The van der Waals surface area contributed by atoms with Gasteiger partial charge in [0.2, 0.25) is 11.8 Å². The van der Waals surface area contributed by atoms with Crippen LogP contribution in [0.2, 0.25) is 0 Å². The highest BCUT2D eigenvalue weighted by molar-refractivity contribution is 8.03. The SMILES string of the molecule is N#CSCCN1C(=O)[C@@H]2[C@H](C1=O)[C@H]1CC[C@H]2O1. The summed E-state index contributed by atoms with van der Waals surface area (Å²) in [5, 5.41) is 10.4. The number of carbonyl (C=O) groups excluding carboxylic acids is 2. The number of likely N-dealkylation sites (tertiary alicyclic amines) is 1. The summed E-state index contributed by atoms with van der Waals surface area (Å²) in [6.45, 7) is 0.350. The third-order valence-electron chi connectivity index (χ3n) is 3.86. The van der Waals surface area contributed by atoms with Crippen molar-refractivity contribution >= 4 is 23.6 Å². The maximum absolute atomic E-state index is 12.1. The minimum Gasteiger partial charge on any atom is -0.373 e. The molecule has 0 aromatic rings. The van der Waals surface area contributed by atoms with Gasteiger partial charge in [-0.1, -0.05) is 0 Å². The van der Waals surface area contributed by atoms with E-state index in [2.05, 4.69) is 0 Å². The van der Waals surface area contributed by atoms with Crippen molar-refractivity contribution in [3.8, 4) is 5.40 Å². The Hall–Kier alpha value is -1.06. The van der Waals surface area contributed by atoms with Crippen LogP contribution in [-0.2, 0) is 14.3 Å². The van der Waals surface area contributed by atoms with Crippen LogP contribution in [0.4, 0.5) is 0 Å². The lowest BCUT2D eigenvalue weighted by Crippen LogP contribution is -2.35. The molecule has 0 N–H and O–H groups in total. The van der Waals surface area contributed by atoms with Crippen LogP contribution < -0.4 is 0 Å². The second-order valence-corrected chi connectivity index (χ2v) is 5.49. The Kier molecular flexibility index (Phi) is 2.60. The Balaban J connectivity index is 1.75. The Morgan fingerprint density at radius 1 is 1.29 bits per heavy atom. The van der Waals surface area contributed by atoms with Crippen molar-refractivity contribution in [1.82, 2.24) is 4.90 Å². The van der Waals surface area contributed by atoms with Crippen LogP contribution in [0.3, 0.4) is 0 Å². The first-order valence-corrected chi connectivity index (χ1v) is 6.74. The first kappa shape index (κ1) is 11.1. The second kappa shape index (κ2) is 4.00. The molecule has 3 aliphatic rings. The van der Waals surface area contributed by atoms with Gasteiger partial charge < -0.3 is 4.74 Å². The van der Waals surface area contributed by atoms with Crippen molar-refractivity contribution in [2.45, 2.75) is 25.0 Å². The lowest BCUT2D eigenvalue weighted by atomic mass is 9.81. The number of hydrogen-bond acceptors (Lipinski definition) is 5. The maximum atomic E-state index is 12.1. The largest absolute Gasteiger partial charge is 0.373 e. The molecular formula is C11H12N2O3S. The molecule has 0 aromatic carbocycles. The van der Waals surface area contributed by atoms with Gasteiger partial charge in [0.25, 0.3) is 0 Å². The molecule has 3 saturated heterocycles. The van der Waals surface area contributed by atoms with E-state index in [4.69, 9.17) is 10.00 Å². The van der Waals surface area contributed by atoms with Gasteiger partial charge in [-0.3, -0.25) is 14.5 Å². The predicted molar refractivity (Wildman–Crippen MR) is 59.7 cm³/mol.